The lowest BCUT2D eigenvalue weighted by molar-refractivity contribution is 0.441. The average Bonchev–Trinajstić information content (AvgIpc) is 1.57. The van der Waals surface area contributed by atoms with Gasteiger partial charge >= 0.3 is 24.0 Å². The summed E-state index contributed by atoms with van der Waals surface area (Å²) in [6.07, 6.45) is 9.50. The molecule has 1 spiro atoms. The molecule has 25 rings (SSSR count). The highest BCUT2D eigenvalue weighted by Crippen LogP contribution is 2.55. The second-order valence-electron chi connectivity index (χ2n) is 34.7. The van der Waals surface area contributed by atoms with E-state index in [2.05, 4.69) is 111 Å². The van der Waals surface area contributed by atoms with Crippen LogP contribution >= 0.6 is 0 Å². The van der Waals surface area contributed by atoms with Gasteiger partial charge in [0.15, 0.2) is 11.6 Å². The van der Waals surface area contributed by atoms with E-state index in [4.69, 9.17) is 51.9 Å². The number of hydrogen-bond donors (Lipinski definition) is 12. The predicted octanol–water partition coefficient (Wildman–Crippen LogP) is 15.4. The lowest BCUT2D eigenvalue weighted by atomic mass is 10.0. The predicted molar refractivity (Wildman–Crippen MR) is 496 cm³/mol. The summed E-state index contributed by atoms with van der Waals surface area (Å²) in [7, 11) is 6.56. The van der Waals surface area contributed by atoms with Crippen LogP contribution in [0.5, 0.6) is 47.0 Å². The smallest absolute Gasteiger partial charge is 0.326 e. The Morgan fingerprint density at radius 3 is 1.14 bits per heavy atom. The Balaban J connectivity index is 0.000000103. The van der Waals surface area contributed by atoms with Crippen molar-refractivity contribution in [2.45, 2.75) is 57.3 Å². The number of fused-ring (bicyclic) bond motifs is 16. The molecule has 38 heteroatoms. The van der Waals surface area contributed by atoms with Crippen molar-refractivity contribution in [1.29, 1.82) is 0 Å². The number of hydrogen-bond acceptors (Lipinski definition) is 28. The summed E-state index contributed by atoms with van der Waals surface area (Å²) in [6.45, 7) is 9.63. The summed E-state index contributed by atoms with van der Waals surface area (Å²) < 4.78 is 112. The molecule has 4 unspecified atom stereocenters. The molecule has 0 radical (unpaired) electrons. The molecule has 3 aliphatic carbocycles. The number of pyridine rings is 4. The SMILES string of the molecule is CNc1c(F)cc(F)c2c1[nH]c1nc(Oc3ccc(C)nc3)nc(N3CC4C(N)C4C3)c12.CNc1c(F)cc(F)c2c1[nH]c1nc(Oc3ccc(C)nc3)nc(N3C[C@H](N)C4(CC4)C3)c12.CNc1c(F)ccc2c1[nH]c1nc(Oc3cnc4ccccc4c3)nc(N3CC4C(N)C4C3)c12.CNc1c(F)ccc2c1[nH]c1nc(Oc3cnc4ccccc4c3)nc(N3CC[C@@H](N)C3)c12. The van der Waals surface area contributed by atoms with E-state index in [-0.39, 0.29) is 87.4 Å². The molecule has 16 heterocycles. The summed E-state index contributed by atoms with van der Waals surface area (Å²) >= 11 is 0. The quantitative estimate of drug-likeness (QED) is 0.0400. The molecule has 0 amide bonds. The fraction of sp³-hybridized carbons (Fsp3) is 0.277. The van der Waals surface area contributed by atoms with Gasteiger partial charge in [0.2, 0.25) is 0 Å². The first-order valence-corrected chi connectivity index (χ1v) is 43.5. The van der Waals surface area contributed by atoms with Gasteiger partial charge in [-0.05, 0) is 130 Å². The van der Waals surface area contributed by atoms with Crippen molar-refractivity contribution in [1.82, 2.24) is 79.7 Å². The minimum Gasteiger partial charge on any atom is -0.423 e. The fourth-order valence-corrected chi connectivity index (χ4v) is 19.4. The number of H-pyrrole nitrogens is 4. The van der Waals surface area contributed by atoms with Crippen molar-refractivity contribution >= 4 is 156 Å². The van der Waals surface area contributed by atoms with Crippen LogP contribution in [0, 0.1) is 77.8 Å². The van der Waals surface area contributed by atoms with E-state index >= 15 is 8.78 Å². The number of nitrogens with two attached hydrogens (primary N) is 4. The Hall–Kier alpha value is -15.0. The lowest BCUT2D eigenvalue weighted by Gasteiger charge is -2.21. The third-order valence-corrected chi connectivity index (χ3v) is 26.5. The summed E-state index contributed by atoms with van der Waals surface area (Å²) in [5.41, 5.74) is 33.3. The number of benzene rings is 6. The number of aromatic amines is 4. The van der Waals surface area contributed by atoms with Crippen molar-refractivity contribution in [3.05, 3.63) is 192 Å². The van der Waals surface area contributed by atoms with Crippen LogP contribution in [-0.2, 0) is 0 Å². The van der Waals surface area contributed by atoms with Gasteiger partial charge in [-0.15, -0.1) is 0 Å². The zero-order valence-corrected chi connectivity index (χ0v) is 72.1. The van der Waals surface area contributed by atoms with Gasteiger partial charge in [-0.2, -0.15) is 39.9 Å². The molecule has 18 aromatic rings. The van der Waals surface area contributed by atoms with Crippen molar-refractivity contribution < 1.29 is 45.3 Å². The first kappa shape index (κ1) is 82.7. The largest absolute Gasteiger partial charge is 0.423 e. The van der Waals surface area contributed by atoms with Crippen LogP contribution in [0.4, 0.5) is 72.4 Å². The van der Waals surface area contributed by atoms with E-state index < -0.39 is 23.3 Å². The molecule has 32 nitrogen and oxygen atoms in total. The first-order valence-electron chi connectivity index (χ1n) is 43.5. The van der Waals surface area contributed by atoms with E-state index in [9.17, 15) is 17.6 Å². The van der Waals surface area contributed by atoms with Gasteiger partial charge in [-0.1, -0.05) is 36.4 Å². The number of ether oxygens (including phenoxy) is 4. The lowest BCUT2D eigenvalue weighted by Crippen LogP contribution is -2.30. The second kappa shape index (κ2) is 32.3. The molecule has 670 valence electrons. The van der Waals surface area contributed by atoms with E-state index in [0.29, 0.717) is 138 Å². The molecule has 6 atom stereocenters. The van der Waals surface area contributed by atoms with Crippen LogP contribution in [0.3, 0.4) is 0 Å². The molecule has 4 saturated heterocycles. The van der Waals surface area contributed by atoms with Gasteiger partial charge in [0.25, 0.3) is 0 Å². The van der Waals surface area contributed by atoms with E-state index in [1.807, 2.05) is 86.6 Å². The molecule has 132 heavy (non-hydrogen) atoms. The molecule has 4 aliphatic heterocycles. The van der Waals surface area contributed by atoms with Crippen LogP contribution in [0.15, 0.2) is 146 Å². The summed E-state index contributed by atoms with van der Waals surface area (Å²) in [6, 6.07) is 36.0. The second-order valence-corrected chi connectivity index (χ2v) is 34.7. The van der Waals surface area contributed by atoms with Gasteiger partial charge < -0.3 is 103 Å². The van der Waals surface area contributed by atoms with Gasteiger partial charge in [0, 0.05) is 155 Å². The third kappa shape index (κ3) is 14.6. The van der Waals surface area contributed by atoms with Crippen molar-refractivity contribution in [2.24, 2.45) is 52.0 Å². The molecule has 7 fully saturated rings. The molecule has 12 aromatic heterocycles. The number of halogens is 6. The molecule has 3 saturated carbocycles. The number of rotatable bonds is 16. The molecule has 16 N–H and O–H groups in total. The average molecular weight is 1790 g/mol. The number of aryl methyl sites for hydroxylation is 2. The fourth-order valence-electron chi connectivity index (χ4n) is 19.4. The van der Waals surface area contributed by atoms with E-state index in [1.54, 1.807) is 77.2 Å². The minimum absolute atomic E-state index is 0.00792. The van der Waals surface area contributed by atoms with E-state index in [1.165, 1.54) is 12.1 Å². The molecular formula is C94H88F6N28O4. The number of nitrogens with one attached hydrogen (secondary N) is 8. The number of aromatic nitrogens is 16. The van der Waals surface area contributed by atoms with Crippen molar-refractivity contribution in [3.63, 3.8) is 0 Å². The maximum atomic E-state index is 15.1. The highest BCUT2D eigenvalue weighted by Gasteiger charge is 2.56. The Morgan fingerprint density at radius 1 is 0.371 bits per heavy atom. The Morgan fingerprint density at radius 2 is 0.750 bits per heavy atom. The summed E-state index contributed by atoms with van der Waals surface area (Å²) in [4.78, 5) is 75.8. The molecule has 0 bridgehead atoms. The zero-order valence-electron chi connectivity index (χ0n) is 72.1. The van der Waals surface area contributed by atoms with Crippen LogP contribution in [0.2, 0.25) is 0 Å². The Labute approximate surface area is 747 Å². The summed E-state index contributed by atoms with van der Waals surface area (Å²) in [5, 5.41) is 18.3. The number of piperidine rings is 2. The van der Waals surface area contributed by atoms with Crippen LogP contribution in [0.25, 0.3) is 110 Å². The standard InChI is InChI=1S/C25H22FN7O.C24H22FN7O.C23H23F2N7O.C22H21F2N7O/c1-28-22-17(26)7-6-14-19-23(30-21(14)22)31-25(32-24(19)33-10-15-16(11-33)20(15)27)34-13-8-12-4-2-3-5-18(12)29-9-13;1-27-21-17(25)7-6-16-19-22(29-20(16)21)30-24(31-23(19)32-9-8-14(26)12-32)33-15-10-13-4-2-3-5-18(13)28-11-15;1-11-3-4-12(8-28-11)33-22-30-20-17(16-13(24)7-14(25)18(27-2)19(16)29-20)21(31-22)32-9-15(26)23(10-32)5-6-23;1-9-3-4-10(6-27-9)32-22-29-20-16(21(30-22)31-7-11-12(8-31)17(11)25)15-13(23)5-14(24)18(26-2)19(15)28-20/h2-9,15-16,20,28H,10-11,27H2,1H3,(H,30,31,32);2-7,10-11,14,27H,8-9,12,26H2,1H3,(H,29,30,31);3-4,7-8,15,27H,5-6,9-10,26H2,1-2H3,(H,29,30,31);3-6,11-12,17,26H,7-8,25H2,1-2H3,(H,28,29,30)/t;14-;15-;/m.10./s1. The number of anilines is 8. The van der Waals surface area contributed by atoms with Gasteiger partial charge in [0.1, 0.15) is 92.1 Å². The monoisotopic (exact) mass is 1790 g/mol. The van der Waals surface area contributed by atoms with E-state index in [0.717, 1.165) is 137 Å². The van der Waals surface area contributed by atoms with Crippen molar-refractivity contribution in [2.75, 3.05) is 121 Å². The van der Waals surface area contributed by atoms with Gasteiger partial charge in [-0.25, -0.2) is 26.3 Å². The normalized spacial score (nSPS) is 19.6. The maximum absolute atomic E-state index is 15.1. The highest BCUT2D eigenvalue weighted by molar-refractivity contribution is 6.18. The third-order valence-electron chi connectivity index (χ3n) is 26.5. The number of para-hydroxylation sites is 2. The first-order chi connectivity index (χ1) is 64.0. The topological polar surface area (TPSA) is 420 Å². The van der Waals surface area contributed by atoms with Crippen molar-refractivity contribution in [3.8, 4) is 47.0 Å². The molecule has 7 aliphatic rings. The van der Waals surface area contributed by atoms with Crippen LogP contribution < -0.4 is 82.7 Å². The minimum atomic E-state index is -0.689. The number of nitrogens with zero attached hydrogens (tertiary/aromatic N) is 16. The van der Waals surface area contributed by atoms with Gasteiger partial charge in [-0.3, -0.25) is 19.9 Å². The molecular weight excluding hydrogens is 1700 g/mol. The molecule has 6 aromatic carbocycles. The zero-order chi connectivity index (χ0) is 90.6. The van der Waals surface area contributed by atoms with Crippen LogP contribution in [-0.4, -0.2) is 184 Å². The Bertz CT molecular complexity index is 7650. The van der Waals surface area contributed by atoms with Gasteiger partial charge in [0.05, 0.1) is 113 Å². The summed E-state index contributed by atoms with van der Waals surface area (Å²) in [5.74, 6) is 2.95. The maximum Gasteiger partial charge on any atom is 0.326 e. The highest BCUT2D eigenvalue weighted by atomic mass is 19.2. The Kier molecular flexibility index (Phi) is 20.2. The van der Waals surface area contributed by atoms with Crippen LogP contribution in [0.1, 0.15) is 30.7 Å².